The normalized spacial score (nSPS) is 13.9. The van der Waals surface area contributed by atoms with Crippen molar-refractivity contribution in [3.63, 3.8) is 0 Å². The van der Waals surface area contributed by atoms with Crippen LogP contribution in [0.2, 0.25) is 0 Å². The Morgan fingerprint density at radius 2 is 1.72 bits per heavy atom. The molecule has 0 bridgehead atoms. The molecular formula is C21H25N5O2S. The van der Waals surface area contributed by atoms with E-state index in [0.29, 0.717) is 11.4 Å². The lowest BCUT2D eigenvalue weighted by atomic mass is 9.99. The fourth-order valence-corrected chi connectivity index (χ4v) is 4.04. The van der Waals surface area contributed by atoms with E-state index in [9.17, 15) is 0 Å². The average Bonchev–Trinajstić information content (AvgIpc) is 3.07. The van der Waals surface area contributed by atoms with Gasteiger partial charge in [0, 0.05) is 13.1 Å². The van der Waals surface area contributed by atoms with Crippen molar-refractivity contribution in [3.05, 3.63) is 57.4 Å². The third kappa shape index (κ3) is 3.77. The molecular weight excluding hydrogens is 386 g/mol. The Hall–Kier alpha value is -2.71. The summed E-state index contributed by atoms with van der Waals surface area (Å²) in [5, 5.41) is 8.60. The van der Waals surface area contributed by atoms with Gasteiger partial charge in [-0.3, -0.25) is 4.90 Å². The highest BCUT2D eigenvalue weighted by Crippen LogP contribution is 2.33. The lowest BCUT2D eigenvalue weighted by molar-refractivity contribution is 0.186. The van der Waals surface area contributed by atoms with Gasteiger partial charge in [-0.2, -0.15) is 4.68 Å². The molecule has 2 heterocycles. The summed E-state index contributed by atoms with van der Waals surface area (Å²) in [6, 6.07) is 10.4. The molecule has 0 fully saturated rings. The summed E-state index contributed by atoms with van der Waals surface area (Å²) in [7, 11) is 3.33. The van der Waals surface area contributed by atoms with Gasteiger partial charge in [0.2, 0.25) is 4.77 Å². The van der Waals surface area contributed by atoms with E-state index in [1.165, 1.54) is 16.7 Å². The van der Waals surface area contributed by atoms with Crippen LogP contribution < -0.4 is 9.47 Å². The van der Waals surface area contributed by atoms with Crippen LogP contribution in [0, 0.1) is 18.6 Å². The van der Waals surface area contributed by atoms with Gasteiger partial charge in [-0.25, -0.2) is 4.68 Å². The molecule has 0 atom stereocenters. The van der Waals surface area contributed by atoms with Crippen LogP contribution in [0.1, 0.15) is 22.3 Å². The van der Waals surface area contributed by atoms with E-state index < -0.39 is 0 Å². The Morgan fingerprint density at radius 1 is 1.00 bits per heavy atom. The molecule has 0 aliphatic carbocycles. The van der Waals surface area contributed by atoms with Gasteiger partial charge >= 0.3 is 0 Å². The molecule has 4 rings (SSSR count). The average molecular weight is 412 g/mol. The highest BCUT2D eigenvalue weighted by molar-refractivity contribution is 7.71. The minimum absolute atomic E-state index is 0.593. The molecule has 0 amide bonds. The Balaban J connectivity index is 1.56. The van der Waals surface area contributed by atoms with E-state index >= 15 is 0 Å². The quantitative estimate of drug-likeness (QED) is 0.600. The van der Waals surface area contributed by atoms with Crippen molar-refractivity contribution >= 4 is 12.2 Å². The molecule has 1 aromatic heterocycles. The second-order valence-corrected chi connectivity index (χ2v) is 7.75. The first-order valence-corrected chi connectivity index (χ1v) is 9.97. The highest BCUT2D eigenvalue weighted by Gasteiger charge is 2.20. The van der Waals surface area contributed by atoms with Gasteiger partial charge in [0.25, 0.3) is 0 Å². The molecule has 1 aliphatic rings. The third-order valence-corrected chi connectivity index (χ3v) is 5.73. The number of tetrazole rings is 1. The number of aryl methyl sites for hydroxylation is 2. The summed E-state index contributed by atoms with van der Waals surface area (Å²) in [5.74, 6) is 1.53. The van der Waals surface area contributed by atoms with Crippen LogP contribution in [0.3, 0.4) is 0 Å². The van der Waals surface area contributed by atoms with E-state index in [0.717, 1.165) is 42.3 Å². The summed E-state index contributed by atoms with van der Waals surface area (Å²) in [4.78, 5) is 2.31. The number of ether oxygens (including phenoxy) is 2. The molecule has 7 nitrogen and oxygen atoms in total. The Morgan fingerprint density at radius 3 is 2.41 bits per heavy atom. The van der Waals surface area contributed by atoms with Crippen molar-refractivity contribution in [1.29, 1.82) is 0 Å². The van der Waals surface area contributed by atoms with E-state index in [2.05, 4.69) is 53.4 Å². The standard InChI is InChI=1S/C21H25N5O2S/c1-14-5-6-18(15(2)9-14)26-21(29)25(22-23-26)13-24-8-7-16-10-19(27-3)20(28-4)11-17(16)12-24/h5-6,9-11H,7-8,12-13H2,1-4H3. The number of fused-ring (bicyclic) bond motifs is 1. The Labute approximate surface area is 175 Å². The summed E-state index contributed by atoms with van der Waals surface area (Å²) < 4.78 is 15.0. The van der Waals surface area contributed by atoms with Crippen LogP contribution in [0.15, 0.2) is 30.3 Å². The zero-order valence-corrected chi connectivity index (χ0v) is 18.0. The van der Waals surface area contributed by atoms with Crippen LogP contribution in [0.4, 0.5) is 0 Å². The molecule has 2 aromatic carbocycles. The maximum Gasteiger partial charge on any atom is 0.221 e. The third-order valence-electron chi connectivity index (χ3n) is 5.35. The summed E-state index contributed by atoms with van der Waals surface area (Å²) in [6.07, 6.45) is 0.939. The highest BCUT2D eigenvalue weighted by atomic mass is 32.1. The zero-order valence-electron chi connectivity index (χ0n) is 17.2. The number of nitrogens with zero attached hydrogens (tertiary/aromatic N) is 5. The van der Waals surface area contributed by atoms with Crippen LogP contribution in [-0.4, -0.2) is 45.5 Å². The molecule has 152 valence electrons. The number of aromatic nitrogens is 4. The smallest absolute Gasteiger partial charge is 0.221 e. The first-order chi connectivity index (χ1) is 14.0. The van der Waals surface area contributed by atoms with Crippen LogP contribution >= 0.6 is 12.2 Å². The Bertz CT molecular complexity index is 1100. The van der Waals surface area contributed by atoms with Crippen molar-refractivity contribution in [2.45, 2.75) is 33.5 Å². The van der Waals surface area contributed by atoms with Gasteiger partial charge in [0.15, 0.2) is 11.5 Å². The van der Waals surface area contributed by atoms with Crippen molar-refractivity contribution in [1.82, 2.24) is 24.7 Å². The maximum atomic E-state index is 5.66. The molecule has 0 N–H and O–H groups in total. The SMILES string of the molecule is COc1cc2c(cc1OC)CN(Cn1nnn(-c3ccc(C)cc3C)c1=S)CC2. The second-order valence-electron chi connectivity index (χ2n) is 7.38. The molecule has 8 heteroatoms. The largest absolute Gasteiger partial charge is 0.493 e. The zero-order chi connectivity index (χ0) is 20.5. The molecule has 29 heavy (non-hydrogen) atoms. The first kappa shape index (κ1) is 19.6. The number of hydrogen-bond acceptors (Lipinski definition) is 6. The summed E-state index contributed by atoms with van der Waals surface area (Å²) in [6.45, 7) is 6.45. The van der Waals surface area contributed by atoms with Crippen LogP contribution in [-0.2, 0) is 19.6 Å². The van der Waals surface area contributed by atoms with E-state index in [-0.39, 0.29) is 0 Å². The van der Waals surface area contributed by atoms with Gasteiger partial charge in [-0.15, -0.1) is 0 Å². The van der Waals surface area contributed by atoms with Crippen molar-refractivity contribution < 1.29 is 9.47 Å². The minimum Gasteiger partial charge on any atom is -0.493 e. The maximum absolute atomic E-state index is 5.66. The first-order valence-electron chi connectivity index (χ1n) is 9.56. The molecule has 0 saturated heterocycles. The number of rotatable bonds is 5. The minimum atomic E-state index is 0.593. The second kappa shape index (κ2) is 7.96. The predicted octanol–water partition coefficient (Wildman–Crippen LogP) is 3.45. The van der Waals surface area contributed by atoms with Crippen LogP contribution in [0.5, 0.6) is 11.5 Å². The molecule has 3 aromatic rings. The number of benzene rings is 2. The van der Waals surface area contributed by atoms with Gasteiger partial charge < -0.3 is 9.47 Å². The summed E-state index contributed by atoms with van der Waals surface area (Å²) >= 11 is 5.66. The predicted molar refractivity (Wildman–Crippen MR) is 113 cm³/mol. The van der Waals surface area contributed by atoms with Gasteiger partial charge in [-0.1, -0.05) is 17.7 Å². The van der Waals surface area contributed by atoms with Gasteiger partial charge in [0.05, 0.1) is 26.6 Å². The van der Waals surface area contributed by atoms with Gasteiger partial charge in [-0.05, 0) is 77.8 Å². The molecule has 0 radical (unpaired) electrons. The molecule has 0 spiro atoms. The van der Waals surface area contributed by atoms with E-state index in [4.69, 9.17) is 21.7 Å². The number of methoxy groups -OCH3 is 2. The Kier molecular flexibility index (Phi) is 5.38. The van der Waals surface area contributed by atoms with Gasteiger partial charge in [0.1, 0.15) is 0 Å². The lowest BCUT2D eigenvalue weighted by Crippen LogP contribution is -2.33. The van der Waals surface area contributed by atoms with Crippen LogP contribution in [0.25, 0.3) is 5.69 Å². The fraction of sp³-hybridized carbons (Fsp3) is 0.381. The number of hydrogen-bond donors (Lipinski definition) is 0. The van der Waals surface area contributed by atoms with Crippen molar-refractivity contribution in [3.8, 4) is 17.2 Å². The monoisotopic (exact) mass is 411 g/mol. The molecule has 0 unspecified atom stereocenters. The fourth-order valence-electron chi connectivity index (χ4n) is 3.81. The topological polar surface area (TPSA) is 57.3 Å². The molecule has 1 aliphatic heterocycles. The van der Waals surface area contributed by atoms with E-state index in [1.807, 2.05) is 6.07 Å². The van der Waals surface area contributed by atoms with E-state index in [1.54, 1.807) is 23.6 Å². The van der Waals surface area contributed by atoms with Crippen molar-refractivity contribution in [2.24, 2.45) is 0 Å². The lowest BCUT2D eigenvalue weighted by Gasteiger charge is -2.29. The molecule has 0 saturated carbocycles. The van der Waals surface area contributed by atoms with Crippen molar-refractivity contribution in [2.75, 3.05) is 20.8 Å². The summed E-state index contributed by atoms with van der Waals surface area (Å²) in [5.41, 5.74) is 5.83.